The van der Waals surface area contributed by atoms with Crippen molar-refractivity contribution in [2.75, 3.05) is 16.4 Å². The highest BCUT2D eigenvalue weighted by atomic mass is 35.5. The van der Waals surface area contributed by atoms with Crippen molar-refractivity contribution in [3.05, 3.63) is 63.6 Å². The summed E-state index contributed by atoms with van der Waals surface area (Å²) < 4.78 is 24.3. The number of benzene rings is 2. The number of thioether (sulfide) groups is 1. The summed E-state index contributed by atoms with van der Waals surface area (Å²) in [4.78, 5) is 18.7. The van der Waals surface area contributed by atoms with Gasteiger partial charge in [-0.25, -0.2) is 8.42 Å². The van der Waals surface area contributed by atoms with E-state index in [1.165, 1.54) is 11.8 Å². The Bertz CT molecular complexity index is 1100. The van der Waals surface area contributed by atoms with E-state index in [0.29, 0.717) is 20.9 Å². The fourth-order valence-corrected chi connectivity index (χ4v) is 7.86. The second-order valence-electron chi connectivity index (χ2n) is 7.19. The Hall–Kier alpha value is -1.54. The Balaban J connectivity index is 1.67. The molecule has 0 saturated carbocycles. The summed E-state index contributed by atoms with van der Waals surface area (Å²) in [5.41, 5.74) is 2.57. The predicted octanol–water partition coefficient (Wildman–Crippen LogP) is 4.15. The molecule has 2 unspecified atom stereocenters. The van der Waals surface area contributed by atoms with Gasteiger partial charge in [-0.3, -0.25) is 4.79 Å². The summed E-state index contributed by atoms with van der Waals surface area (Å²) >= 11 is 13.9. The van der Waals surface area contributed by atoms with Gasteiger partial charge in [0.1, 0.15) is 0 Å². The minimum absolute atomic E-state index is 0.00131. The number of anilines is 1. The number of carbonyl (C=O) groups excluding carboxylic acids is 1. The number of nitrogens with zero attached hydrogens (tertiary/aromatic N) is 2. The number of aliphatic imine (C=N–C) groups is 1. The number of rotatable bonds is 3. The van der Waals surface area contributed by atoms with E-state index >= 15 is 0 Å². The van der Waals surface area contributed by atoms with E-state index < -0.39 is 9.84 Å². The smallest absolute Gasteiger partial charge is 0.252 e. The SMILES string of the molecule is Cc1ccc(CC(=O)N=C2SC3CS(=O)(=O)CC3N2c2cccc(Cl)c2Cl)cc1. The fraction of sp³-hybridized carbons (Fsp3) is 0.300. The minimum Gasteiger partial charge on any atom is -0.314 e. The first-order valence-corrected chi connectivity index (χ1v) is 12.5. The van der Waals surface area contributed by atoms with Gasteiger partial charge in [0.05, 0.1) is 39.7 Å². The molecule has 29 heavy (non-hydrogen) atoms. The number of hydrogen-bond donors (Lipinski definition) is 0. The summed E-state index contributed by atoms with van der Waals surface area (Å²) in [7, 11) is -3.15. The summed E-state index contributed by atoms with van der Waals surface area (Å²) in [5, 5.41) is 0.958. The lowest BCUT2D eigenvalue weighted by atomic mass is 10.1. The lowest BCUT2D eigenvalue weighted by Crippen LogP contribution is -2.38. The van der Waals surface area contributed by atoms with Gasteiger partial charge in [0.2, 0.25) is 0 Å². The van der Waals surface area contributed by atoms with Crippen molar-refractivity contribution in [1.82, 2.24) is 0 Å². The number of halogens is 2. The second-order valence-corrected chi connectivity index (χ2v) is 11.3. The Labute approximate surface area is 184 Å². The molecule has 0 N–H and O–H groups in total. The third kappa shape index (κ3) is 4.33. The molecule has 2 aromatic rings. The van der Waals surface area contributed by atoms with E-state index in [2.05, 4.69) is 4.99 Å². The van der Waals surface area contributed by atoms with Crippen LogP contribution in [0.25, 0.3) is 0 Å². The topological polar surface area (TPSA) is 66.8 Å². The lowest BCUT2D eigenvalue weighted by Gasteiger charge is -2.25. The molecule has 0 aromatic heterocycles. The molecule has 0 radical (unpaired) electrons. The maximum atomic E-state index is 12.6. The fourth-order valence-electron chi connectivity index (χ4n) is 3.55. The third-order valence-corrected chi connectivity index (χ3v) is 8.97. The average Bonchev–Trinajstić information content (AvgIpc) is 3.10. The van der Waals surface area contributed by atoms with E-state index in [-0.39, 0.29) is 35.1 Å². The van der Waals surface area contributed by atoms with E-state index in [9.17, 15) is 13.2 Å². The maximum Gasteiger partial charge on any atom is 0.252 e. The zero-order chi connectivity index (χ0) is 20.8. The number of sulfone groups is 1. The van der Waals surface area contributed by atoms with Crippen molar-refractivity contribution in [3.8, 4) is 0 Å². The third-order valence-electron chi connectivity index (χ3n) is 4.95. The van der Waals surface area contributed by atoms with Gasteiger partial charge in [-0.2, -0.15) is 4.99 Å². The molecule has 9 heteroatoms. The summed E-state index contributed by atoms with van der Waals surface area (Å²) in [6.45, 7) is 1.99. The van der Waals surface area contributed by atoms with Crippen molar-refractivity contribution >= 4 is 61.6 Å². The maximum absolute atomic E-state index is 12.6. The summed E-state index contributed by atoms with van der Waals surface area (Å²) in [5.74, 6) is -0.233. The molecular weight excluding hydrogens is 451 g/mol. The Kier molecular flexibility index (Phi) is 5.68. The molecule has 0 spiro atoms. The van der Waals surface area contributed by atoms with Crippen molar-refractivity contribution in [2.24, 2.45) is 4.99 Å². The number of fused-ring (bicyclic) bond motifs is 1. The van der Waals surface area contributed by atoms with Gasteiger partial charge in [0, 0.05) is 5.25 Å². The highest BCUT2D eigenvalue weighted by molar-refractivity contribution is 8.16. The first-order chi connectivity index (χ1) is 13.7. The number of amidine groups is 1. The van der Waals surface area contributed by atoms with Gasteiger partial charge in [0.15, 0.2) is 15.0 Å². The molecule has 2 heterocycles. The van der Waals surface area contributed by atoms with E-state index in [0.717, 1.165) is 11.1 Å². The highest BCUT2D eigenvalue weighted by Crippen LogP contribution is 2.44. The predicted molar refractivity (Wildman–Crippen MR) is 120 cm³/mol. The molecule has 2 aliphatic heterocycles. The van der Waals surface area contributed by atoms with Crippen molar-refractivity contribution in [2.45, 2.75) is 24.6 Å². The van der Waals surface area contributed by atoms with Gasteiger partial charge in [-0.05, 0) is 24.6 Å². The molecule has 2 fully saturated rings. The van der Waals surface area contributed by atoms with Gasteiger partial charge in [-0.1, -0.05) is 70.9 Å². The first kappa shape index (κ1) is 20.7. The highest BCUT2D eigenvalue weighted by Gasteiger charge is 2.49. The van der Waals surface area contributed by atoms with Gasteiger partial charge >= 0.3 is 0 Å². The summed E-state index contributed by atoms with van der Waals surface area (Å²) in [6, 6.07) is 12.6. The van der Waals surface area contributed by atoms with Crippen LogP contribution in [0.15, 0.2) is 47.5 Å². The summed E-state index contributed by atoms with van der Waals surface area (Å²) in [6.07, 6.45) is 0.176. The molecule has 152 valence electrons. The second kappa shape index (κ2) is 7.95. The van der Waals surface area contributed by atoms with Crippen molar-refractivity contribution in [3.63, 3.8) is 0 Å². The van der Waals surface area contributed by atoms with Crippen LogP contribution in [-0.2, 0) is 21.1 Å². The molecule has 4 rings (SSSR count). The molecular formula is C20H18Cl2N2O3S2. The largest absolute Gasteiger partial charge is 0.314 e. The minimum atomic E-state index is -3.15. The van der Waals surface area contributed by atoms with Gasteiger partial charge < -0.3 is 4.90 Å². The molecule has 2 aromatic carbocycles. The normalized spacial score (nSPS) is 24.1. The van der Waals surface area contributed by atoms with Crippen LogP contribution in [0.1, 0.15) is 11.1 Å². The molecule has 2 aliphatic rings. The first-order valence-electron chi connectivity index (χ1n) is 9.01. The monoisotopic (exact) mass is 468 g/mol. The molecule has 5 nitrogen and oxygen atoms in total. The van der Waals surface area contributed by atoms with E-state index in [4.69, 9.17) is 23.2 Å². The number of carbonyl (C=O) groups is 1. The zero-order valence-electron chi connectivity index (χ0n) is 15.5. The van der Waals surface area contributed by atoms with Crippen LogP contribution in [0.3, 0.4) is 0 Å². The van der Waals surface area contributed by atoms with Crippen LogP contribution in [-0.4, -0.2) is 42.3 Å². The van der Waals surface area contributed by atoms with Crippen molar-refractivity contribution < 1.29 is 13.2 Å². The molecule has 1 amide bonds. The van der Waals surface area contributed by atoms with Crippen LogP contribution in [0.5, 0.6) is 0 Å². The Morgan fingerprint density at radius 2 is 1.90 bits per heavy atom. The van der Waals surface area contributed by atoms with E-state index in [1.807, 2.05) is 31.2 Å². The van der Waals surface area contributed by atoms with E-state index in [1.54, 1.807) is 23.1 Å². The molecule has 0 bridgehead atoms. The van der Waals surface area contributed by atoms with Gasteiger partial charge in [0.25, 0.3) is 5.91 Å². The molecule has 0 aliphatic carbocycles. The number of aryl methyl sites for hydroxylation is 1. The van der Waals surface area contributed by atoms with Crippen LogP contribution in [0, 0.1) is 6.92 Å². The van der Waals surface area contributed by atoms with Gasteiger partial charge in [-0.15, -0.1) is 0 Å². The Morgan fingerprint density at radius 3 is 2.62 bits per heavy atom. The standard InChI is InChI=1S/C20H18Cl2N2O3S2/c1-12-5-7-13(8-6-12)9-18(25)23-20-24(15-4-2-3-14(21)19(15)22)16-10-29(26,27)11-17(16)28-20/h2-8,16-17H,9-11H2,1H3. The zero-order valence-corrected chi connectivity index (χ0v) is 18.7. The van der Waals surface area contributed by atoms with Crippen LogP contribution in [0.4, 0.5) is 5.69 Å². The van der Waals surface area contributed by atoms with Crippen molar-refractivity contribution in [1.29, 1.82) is 0 Å². The van der Waals surface area contributed by atoms with Crippen LogP contribution in [0.2, 0.25) is 10.0 Å². The van der Waals surface area contributed by atoms with Crippen LogP contribution < -0.4 is 4.90 Å². The average molecular weight is 469 g/mol. The Morgan fingerprint density at radius 1 is 1.17 bits per heavy atom. The molecule has 2 atom stereocenters. The number of amides is 1. The quantitative estimate of drug-likeness (QED) is 0.676. The lowest BCUT2D eigenvalue weighted by molar-refractivity contribution is -0.117. The number of hydrogen-bond acceptors (Lipinski definition) is 4. The van der Waals surface area contributed by atoms with Crippen LogP contribution >= 0.6 is 35.0 Å². The molecule has 2 saturated heterocycles.